The fourth-order valence-corrected chi connectivity index (χ4v) is 0.969. The Labute approximate surface area is 94.0 Å². The molecule has 0 radical (unpaired) electrons. The number of aromatic carboxylic acids is 1. The standard InChI is InChI=1S/C9H10O4.Li.H/c1-12-7-4-3-6(9(10)11)5-8(7)13-2;;/h3-5H,1-2H3,(H,10,11);;. The van der Waals surface area contributed by atoms with Crippen LogP contribution in [0.15, 0.2) is 18.2 Å². The summed E-state index contributed by atoms with van der Waals surface area (Å²) in [6, 6.07) is 4.44. The molecule has 0 aliphatic carbocycles. The second-order valence-electron chi connectivity index (χ2n) is 2.37. The maximum atomic E-state index is 10.6. The molecule has 14 heavy (non-hydrogen) atoms. The Balaban J connectivity index is 0.00000169. The molecule has 0 aliphatic rings. The molecule has 0 aliphatic heterocycles. The van der Waals surface area contributed by atoms with Gasteiger partial charge in [0.25, 0.3) is 0 Å². The fourth-order valence-electron chi connectivity index (χ4n) is 0.969. The van der Waals surface area contributed by atoms with Gasteiger partial charge in [0.2, 0.25) is 0 Å². The summed E-state index contributed by atoms with van der Waals surface area (Å²) in [6.45, 7) is 0. The Morgan fingerprint density at radius 1 is 1.21 bits per heavy atom. The summed E-state index contributed by atoms with van der Waals surface area (Å²) in [4.78, 5) is 10.6. The maximum absolute atomic E-state index is 10.6. The van der Waals surface area contributed by atoms with Gasteiger partial charge in [-0.05, 0) is 18.2 Å². The Morgan fingerprint density at radius 2 is 1.79 bits per heavy atom. The first-order chi connectivity index (χ1) is 6.19. The molecule has 1 aromatic rings. The van der Waals surface area contributed by atoms with Crippen molar-refractivity contribution in [3.8, 4) is 11.5 Å². The Kier molecular flexibility index (Phi) is 5.14. The van der Waals surface area contributed by atoms with Gasteiger partial charge in [-0.25, -0.2) is 4.79 Å². The fraction of sp³-hybridized carbons (Fsp3) is 0.222. The van der Waals surface area contributed by atoms with E-state index in [2.05, 4.69) is 0 Å². The predicted octanol–water partition coefficient (Wildman–Crippen LogP) is 0.753. The van der Waals surface area contributed by atoms with E-state index in [-0.39, 0.29) is 24.4 Å². The molecular formula is C9H11LiO4. The van der Waals surface area contributed by atoms with Crippen LogP contribution in [0.5, 0.6) is 11.5 Å². The summed E-state index contributed by atoms with van der Waals surface area (Å²) in [6.07, 6.45) is 0. The zero-order valence-electron chi connectivity index (χ0n) is 7.40. The zero-order valence-corrected chi connectivity index (χ0v) is 7.40. The van der Waals surface area contributed by atoms with Crippen LogP contribution in [0, 0.1) is 0 Å². The molecule has 0 atom stereocenters. The molecule has 0 spiro atoms. The summed E-state index contributed by atoms with van der Waals surface area (Å²) in [5.74, 6) is -0.0455. The topological polar surface area (TPSA) is 55.8 Å². The molecule has 4 nitrogen and oxygen atoms in total. The summed E-state index contributed by atoms with van der Waals surface area (Å²) in [5.41, 5.74) is 0.178. The molecule has 72 valence electrons. The van der Waals surface area contributed by atoms with Crippen molar-refractivity contribution in [2.24, 2.45) is 0 Å². The summed E-state index contributed by atoms with van der Waals surface area (Å²) < 4.78 is 9.89. The van der Waals surface area contributed by atoms with E-state index in [4.69, 9.17) is 14.6 Å². The molecule has 0 bridgehead atoms. The van der Waals surface area contributed by atoms with Crippen LogP contribution in [0.1, 0.15) is 10.4 Å². The van der Waals surface area contributed by atoms with E-state index in [1.807, 2.05) is 0 Å². The van der Waals surface area contributed by atoms with Gasteiger partial charge >= 0.3 is 24.8 Å². The summed E-state index contributed by atoms with van der Waals surface area (Å²) >= 11 is 0. The van der Waals surface area contributed by atoms with Crippen molar-refractivity contribution >= 4 is 24.8 Å². The van der Waals surface area contributed by atoms with Crippen LogP contribution in [0.25, 0.3) is 0 Å². The average Bonchev–Trinajstić information content (AvgIpc) is 2.16. The van der Waals surface area contributed by atoms with Crippen molar-refractivity contribution in [3.05, 3.63) is 23.8 Å². The Morgan fingerprint density at radius 3 is 2.21 bits per heavy atom. The first-order valence-corrected chi connectivity index (χ1v) is 3.64. The van der Waals surface area contributed by atoms with E-state index in [1.54, 1.807) is 6.07 Å². The third-order valence-electron chi connectivity index (χ3n) is 1.63. The van der Waals surface area contributed by atoms with Crippen molar-refractivity contribution in [2.75, 3.05) is 14.2 Å². The number of rotatable bonds is 3. The molecule has 0 saturated heterocycles. The van der Waals surface area contributed by atoms with Crippen LogP contribution in [0.4, 0.5) is 0 Å². The molecule has 1 rings (SSSR count). The molecule has 0 unspecified atom stereocenters. The Hall–Kier alpha value is -1.11. The van der Waals surface area contributed by atoms with Gasteiger partial charge in [0.15, 0.2) is 11.5 Å². The number of benzene rings is 1. The van der Waals surface area contributed by atoms with E-state index in [0.29, 0.717) is 11.5 Å². The van der Waals surface area contributed by atoms with Crippen LogP contribution in [0.3, 0.4) is 0 Å². The number of hydrogen-bond acceptors (Lipinski definition) is 3. The van der Waals surface area contributed by atoms with Crippen molar-refractivity contribution in [3.63, 3.8) is 0 Å². The van der Waals surface area contributed by atoms with E-state index in [1.165, 1.54) is 26.4 Å². The number of ether oxygens (including phenoxy) is 2. The van der Waals surface area contributed by atoms with Gasteiger partial charge in [-0.1, -0.05) is 0 Å². The van der Waals surface area contributed by atoms with Crippen LogP contribution < -0.4 is 9.47 Å². The molecule has 0 amide bonds. The van der Waals surface area contributed by atoms with Gasteiger partial charge in [-0.3, -0.25) is 0 Å². The third-order valence-corrected chi connectivity index (χ3v) is 1.63. The molecular weight excluding hydrogens is 179 g/mol. The van der Waals surface area contributed by atoms with Gasteiger partial charge in [-0.2, -0.15) is 0 Å². The molecule has 0 saturated carbocycles. The number of carboxylic acids is 1. The number of carboxylic acid groups (broad SMARTS) is 1. The van der Waals surface area contributed by atoms with E-state index >= 15 is 0 Å². The van der Waals surface area contributed by atoms with Crippen molar-refractivity contribution < 1.29 is 19.4 Å². The van der Waals surface area contributed by atoms with Crippen molar-refractivity contribution in [1.29, 1.82) is 0 Å². The van der Waals surface area contributed by atoms with Gasteiger partial charge in [0, 0.05) is 0 Å². The molecule has 0 heterocycles. The van der Waals surface area contributed by atoms with Crippen LogP contribution in [0.2, 0.25) is 0 Å². The normalized spacial score (nSPS) is 8.71. The minimum absolute atomic E-state index is 0. The van der Waals surface area contributed by atoms with Gasteiger partial charge in [0.05, 0.1) is 19.8 Å². The molecule has 0 fully saturated rings. The number of methoxy groups -OCH3 is 2. The molecule has 0 aromatic heterocycles. The molecule has 5 heteroatoms. The zero-order chi connectivity index (χ0) is 9.84. The third kappa shape index (κ3) is 2.69. The van der Waals surface area contributed by atoms with Crippen LogP contribution in [-0.4, -0.2) is 44.2 Å². The molecule has 1 N–H and O–H groups in total. The average molecular weight is 190 g/mol. The second kappa shape index (κ2) is 5.58. The van der Waals surface area contributed by atoms with Gasteiger partial charge in [0.1, 0.15) is 0 Å². The van der Waals surface area contributed by atoms with Gasteiger partial charge in [-0.15, -0.1) is 0 Å². The monoisotopic (exact) mass is 190 g/mol. The minimum atomic E-state index is -0.985. The number of carbonyl (C=O) groups is 1. The first kappa shape index (κ1) is 12.9. The van der Waals surface area contributed by atoms with Crippen molar-refractivity contribution in [1.82, 2.24) is 0 Å². The van der Waals surface area contributed by atoms with E-state index in [0.717, 1.165) is 0 Å². The van der Waals surface area contributed by atoms with Crippen LogP contribution >= 0.6 is 0 Å². The second-order valence-corrected chi connectivity index (χ2v) is 2.37. The first-order valence-electron chi connectivity index (χ1n) is 3.64. The van der Waals surface area contributed by atoms with E-state index < -0.39 is 5.97 Å². The summed E-state index contributed by atoms with van der Waals surface area (Å²) in [7, 11) is 2.96. The van der Waals surface area contributed by atoms with E-state index in [9.17, 15) is 4.79 Å². The predicted molar refractivity (Wildman–Crippen MR) is 53.7 cm³/mol. The summed E-state index contributed by atoms with van der Waals surface area (Å²) in [5, 5.41) is 8.67. The van der Waals surface area contributed by atoms with Crippen molar-refractivity contribution in [2.45, 2.75) is 0 Å². The SMILES string of the molecule is COc1ccc(C(=O)O)cc1OC.[LiH]. The van der Waals surface area contributed by atoms with Gasteiger partial charge < -0.3 is 14.6 Å². The number of hydrogen-bond donors (Lipinski definition) is 1. The quantitative estimate of drug-likeness (QED) is 0.714. The Bertz CT molecular complexity index is 325. The molecule has 1 aromatic carbocycles. The van der Waals surface area contributed by atoms with Crippen LogP contribution in [-0.2, 0) is 0 Å².